The van der Waals surface area contributed by atoms with Gasteiger partial charge < -0.3 is 21.9 Å². The topological polar surface area (TPSA) is 141 Å². The molecule has 7 heteroatoms. The minimum absolute atomic E-state index is 0.0695. The Hall–Kier alpha value is -3.87. The number of amidine groups is 1. The van der Waals surface area contributed by atoms with Crippen molar-refractivity contribution in [2.45, 2.75) is 0 Å². The van der Waals surface area contributed by atoms with Gasteiger partial charge in [-0.25, -0.2) is 9.79 Å². The van der Waals surface area contributed by atoms with Crippen LogP contribution in [0.15, 0.2) is 65.6 Å². The fourth-order valence-corrected chi connectivity index (χ4v) is 2.21. The van der Waals surface area contributed by atoms with Gasteiger partial charge in [-0.1, -0.05) is 18.2 Å². The lowest BCUT2D eigenvalue weighted by molar-refractivity contribution is 0.0735. The second-order valence-corrected chi connectivity index (χ2v) is 5.29. The van der Waals surface area contributed by atoms with Gasteiger partial charge in [0, 0.05) is 5.56 Å². The van der Waals surface area contributed by atoms with Gasteiger partial charge in [0.2, 0.25) is 0 Å². The predicted octanol–water partition coefficient (Wildman–Crippen LogP) is 2.25. The molecule has 0 fully saturated rings. The first-order valence-electron chi connectivity index (χ1n) is 9.40. The third-order valence-corrected chi connectivity index (χ3v) is 3.39. The Kier molecular flexibility index (Phi) is 3.33. The third-order valence-electron chi connectivity index (χ3n) is 3.39. The van der Waals surface area contributed by atoms with Crippen LogP contribution in [0.2, 0.25) is 0 Å². The highest BCUT2D eigenvalue weighted by atomic mass is 16.5. The normalized spacial score (nSPS) is 12.5. The van der Waals surface area contributed by atoms with Crippen LogP contribution in [0.3, 0.4) is 0 Å². The number of aliphatic imine (C=N–C) groups is 1. The average molecular weight is 357 g/mol. The Labute approximate surface area is 155 Å². The van der Waals surface area contributed by atoms with Crippen LogP contribution in [0.5, 0.6) is 5.75 Å². The maximum Gasteiger partial charge on any atom is 0.343 e. The standard InChI is InChI=1S/C19H17N5O2/c20-17(21)14-2-1-13-10-16(8-5-12(13)9-14)26-18(25)11-3-6-15(7-4-11)24-19(22)23/h1-10H,(H3,20,21)(H4,22,23,24)/i3+1D,4+1D,6+1D,7+1D,11+1,15+1. The lowest BCUT2D eigenvalue weighted by Crippen LogP contribution is -2.21. The second-order valence-electron chi connectivity index (χ2n) is 5.29. The molecule has 3 rings (SSSR count). The molecule has 0 bridgehead atoms. The number of nitrogen functional groups attached to an aromatic ring is 1. The highest BCUT2D eigenvalue weighted by Crippen LogP contribution is 2.23. The van der Waals surface area contributed by atoms with Gasteiger partial charge in [0.1, 0.15) is 11.6 Å². The molecule has 0 atom stereocenters. The maximum atomic E-state index is 12.6. The first-order valence-corrected chi connectivity index (χ1v) is 7.40. The number of nitrogens with two attached hydrogens (primary N) is 3. The fraction of sp³-hybridized carbons (Fsp3) is 0. The number of ether oxygens (including phenoxy) is 1. The smallest absolute Gasteiger partial charge is 0.343 e. The molecule has 0 aliphatic rings. The first kappa shape index (κ1) is 12.5. The van der Waals surface area contributed by atoms with Crippen LogP contribution in [-0.4, -0.2) is 17.8 Å². The fourth-order valence-electron chi connectivity index (χ4n) is 2.21. The molecule has 0 heterocycles. The summed E-state index contributed by atoms with van der Waals surface area (Å²) >= 11 is 0. The zero-order chi connectivity index (χ0) is 22.2. The van der Waals surface area contributed by atoms with Gasteiger partial charge in [-0.3, -0.25) is 5.41 Å². The summed E-state index contributed by atoms with van der Waals surface area (Å²) in [6, 6.07) is 7.47. The average Bonchev–Trinajstić information content (AvgIpc) is 2.69. The molecule has 0 saturated carbocycles. The number of guanidine groups is 1. The van der Waals surface area contributed by atoms with E-state index in [1.54, 1.807) is 30.3 Å². The molecule has 0 unspecified atom stereocenters. The van der Waals surface area contributed by atoms with E-state index in [-0.39, 0.29) is 17.3 Å². The van der Waals surface area contributed by atoms with E-state index in [0.29, 0.717) is 10.9 Å². The van der Waals surface area contributed by atoms with Gasteiger partial charge in [0.25, 0.3) is 0 Å². The highest BCUT2D eigenvalue weighted by Gasteiger charge is 2.09. The number of nitrogens with one attached hydrogen (secondary N) is 1. The van der Waals surface area contributed by atoms with Crippen LogP contribution in [0.1, 0.15) is 21.4 Å². The van der Waals surface area contributed by atoms with Crippen LogP contribution >= 0.6 is 0 Å². The van der Waals surface area contributed by atoms with Gasteiger partial charge in [0.15, 0.2) is 5.96 Å². The summed E-state index contributed by atoms with van der Waals surface area (Å²) in [7, 11) is 0. The van der Waals surface area contributed by atoms with E-state index in [0.717, 1.165) is 5.39 Å². The van der Waals surface area contributed by atoms with Gasteiger partial charge in [0.05, 0.1) is 16.7 Å². The molecule has 0 saturated heterocycles. The summed E-state index contributed by atoms with van der Waals surface area (Å²) in [5.41, 5.74) is 15.7. The van der Waals surface area contributed by atoms with E-state index in [2.05, 4.69) is 4.99 Å². The van der Waals surface area contributed by atoms with Crippen molar-refractivity contribution in [2.24, 2.45) is 22.2 Å². The summed E-state index contributed by atoms with van der Waals surface area (Å²) < 4.78 is 37.3. The van der Waals surface area contributed by atoms with Crippen LogP contribution in [0.4, 0.5) is 5.69 Å². The molecule has 0 radical (unpaired) electrons. The van der Waals surface area contributed by atoms with Crippen molar-refractivity contribution in [3.8, 4) is 5.75 Å². The number of carbonyl (C=O) groups is 1. The number of hydrogen-bond acceptors (Lipinski definition) is 4. The van der Waals surface area contributed by atoms with Crippen LogP contribution in [0, 0.1) is 5.41 Å². The molecule has 7 N–H and O–H groups in total. The maximum absolute atomic E-state index is 12.6. The van der Waals surface area contributed by atoms with E-state index < -0.39 is 41.7 Å². The van der Waals surface area contributed by atoms with Crippen LogP contribution in [-0.2, 0) is 0 Å². The van der Waals surface area contributed by atoms with E-state index >= 15 is 0 Å². The van der Waals surface area contributed by atoms with Crippen molar-refractivity contribution in [2.75, 3.05) is 0 Å². The van der Waals surface area contributed by atoms with E-state index in [9.17, 15) is 4.79 Å². The monoisotopic (exact) mass is 357 g/mol. The number of esters is 1. The van der Waals surface area contributed by atoms with E-state index in [4.69, 9.17) is 32.8 Å². The number of nitrogens with zero attached hydrogens (tertiary/aromatic N) is 1. The van der Waals surface area contributed by atoms with Gasteiger partial charge in [-0.2, -0.15) is 0 Å². The molecule has 3 aromatic rings. The number of benzene rings is 3. The highest BCUT2D eigenvalue weighted by molar-refractivity contribution is 5.99. The Morgan fingerprint density at radius 1 is 0.962 bits per heavy atom. The summed E-state index contributed by atoms with van der Waals surface area (Å²) in [5.74, 6) is -1.41. The minimum Gasteiger partial charge on any atom is -0.423 e. The molecule has 7 nitrogen and oxygen atoms in total. The zero-order valence-corrected chi connectivity index (χ0v) is 13.5. The summed E-state index contributed by atoms with van der Waals surface area (Å²) in [5, 5.41) is 8.98. The third kappa shape index (κ3) is 3.78. The lowest BCUT2D eigenvalue weighted by Gasteiger charge is -2.07. The van der Waals surface area contributed by atoms with Crippen molar-refractivity contribution in [1.29, 1.82) is 5.41 Å². The van der Waals surface area contributed by atoms with Crippen LogP contribution in [0.25, 0.3) is 10.8 Å². The Morgan fingerprint density at radius 3 is 2.27 bits per heavy atom. The Morgan fingerprint density at radius 2 is 1.62 bits per heavy atom. The molecule has 0 amide bonds. The molecular formula is C19H17N5O2. The molecule has 0 aromatic heterocycles. The number of rotatable bonds is 4. The van der Waals surface area contributed by atoms with Gasteiger partial charge in [-0.15, -0.1) is 0 Å². The SMILES string of the molecule is [2H][13c]1[13c]([2H])[13c](C(=O)Oc2ccc3cc(C(=N)N)ccc3c2)[13c]([2H])[13c]([2H])[13c]1N=C(N)N. The number of fused-ring (bicyclic) bond motifs is 1. The predicted molar refractivity (Wildman–Crippen MR) is 102 cm³/mol. The van der Waals surface area contributed by atoms with Crippen molar-refractivity contribution in [3.63, 3.8) is 0 Å². The van der Waals surface area contributed by atoms with Crippen molar-refractivity contribution in [1.82, 2.24) is 0 Å². The molecule has 0 spiro atoms. The largest absolute Gasteiger partial charge is 0.423 e. The minimum atomic E-state index is -1.05. The molecule has 0 aliphatic carbocycles. The quantitative estimate of drug-likeness (QED) is 0.245. The molecule has 130 valence electrons. The summed E-state index contributed by atoms with van der Waals surface area (Å²) in [4.78, 5) is 16.2. The van der Waals surface area contributed by atoms with Gasteiger partial charge in [-0.05, 0) is 53.1 Å². The van der Waals surface area contributed by atoms with Crippen molar-refractivity contribution in [3.05, 3.63) is 71.7 Å². The van der Waals surface area contributed by atoms with Crippen molar-refractivity contribution >= 4 is 34.2 Å². The lowest BCUT2D eigenvalue weighted by atomic mass is 10.1. The first-order chi connectivity index (χ1) is 14.1. The molecule has 3 aromatic carbocycles. The molecular weight excluding hydrogens is 336 g/mol. The Bertz CT molecular complexity index is 1210. The molecule has 26 heavy (non-hydrogen) atoms. The number of hydrogen-bond donors (Lipinski definition) is 4. The second kappa shape index (κ2) is 6.94. The Balaban J connectivity index is 1.99. The van der Waals surface area contributed by atoms with Crippen LogP contribution < -0.4 is 21.9 Å². The van der Waals surface area contributed by atoms with E-state index in [1.165, 1.54) is 6.07 Å². The van der Waals surface area contributed by atoms with E-state index in [1.807, 2.05) is 0 Å². The number of carbonyl (C=O) groups excluding carboxylic acids is 1. The zero-order valence-electron chi connectivity index (χ0n) is 17.5. The summed E-state index contributed by atoms with van der Waals surface area (Å²) in [6.07, 6.45) is 0. The van der Waals surface area contributed by atoms with Crippen molar-refractivity contribution < 1.29 is 15.0 Å². The summed E-state index contributed by atoms with van der Waals surface area (Å²) in [6.45, 7) is 0. The van der Waals surface area contributed by atoms with Gasteiger partial charge >= 0.3 is 5.97 Å². The molecule has 0 aliphatic heterocycles.